The smallest absolute Gasteiger partial charge is 0.321 e. The Balaban J connectivity index is 2.48. The maximum atomic E-state index is 13.0. The molecule has 0 aliphatic heterocycles. The van der Waals surface area contributed by atoms with Gasteiger partial charge in [0.25, 0.3) is 6.43 Å². The van der Waals surface area contributed by atoms with E-state index in [9.17, 15) is 22.0 Å². The zero-order valence-electron chi connectivity index (χ0n) is 12.4. The van der Waals surface area contributed by atoms with Crippen LogP contribution in [-0.2, 0) is 19.6 Å². The number of carbonyl (C=O) groups is 1. The number of benzene rings is 1. The Hall–Kier alpha value is -2.07. The SMILES string of the molecule is CCOC(=O)CN(C)S(=O)(=O)c1cc(C(F)F)cc2cn[nH]c12. The summed E-state index contributed by atoms with van der Waals surface area (Å²) in [6, 6.07) is 2.04. The van der Waals surface area contributed by atoms with Gasteiger partial charge in [0.15, 0.2) is 0 Å². The number of ether oxygens (including phenoxy) is 1. The highest BCUT2D eigenvalue weighted by Gasteiger charge is 2.28. The molecule has 0 aliphatic rings. The average molecular weight is 347 g/mol. The Morgan fingerprint density at radius 3 is 2.74 bits per heavy atom. The van der Waals surface area contributed by atoms with Crippen LogP contribution in [0.1, 0.15) is 18.9 Å². The summed E-state index contributed by atoms with van der Waals surface area (Å²) in [4.78, 5) is 11.1. The number of carbonyl (C=O) groups excluding carboxylic acids is 1. The van der Waals surface area contributed by atoms with Crippen molar-refractivity contribution in [3.63, 3.8) is 0 Å². The van der Waals surface area contributed by atoms with Crippen LogP contribution in [0.5, 0.6) is 0 Å². The molecule has 0 saturated heterocycles. The second-order valence-electron chi connectivity index (χ2n) is 4.72. The Morgan fingerprint density at radius 1 is 1.43 bits per heavy atom. The van der Waals surface area contributed by atoms with Crippen LogP contribution in [-0.4, -0.2) is 49.1 Å². The molecule has 0 spiro atoms. The van der Waals surface area contributed by atoms with Gasteiger partial charge in [-0.3, -0.25) is 9.89 Å². The van der Waals surface area contributed by atoms with Gasteiger partial charge >= 0.3 is 5.97 Å². The number of hydrogen-bond acceptors (Lipinski definition) is 5. The van der Waals surface area contributed by atoms with Gasteiger partial charge in [-0.1, -0.05) is 0 Å². The first-order chi connectivity index (χ1) is 10.8. The van der Waals surface area contributed by atoms with Crippen molar-refractivity contribution in [1.82, 2.24) is 14.5 Å². The van der Waals surface area contributed by atoms with Gasteiger partial charge < -0.3 is 4.74 Å². The first kappa shape index (κ1) is 17.3. The maximum absolute atomic E-state index is 13.0. The topological polar surface area (TPSA) is 92.4 Å². The van der Waals surface area contributed by atoms with E-state index in [1.807, 2.05) is 0 Å². The molecule has 7 nitrogen and oxygen atoms in total. The summed E-state index contributed by atoms with van der Waals surface area (Å²) >= 11 is 0. The third-order valence-corrected chi connectivity index (χ3v) is 4.96. The third-order valence-electron chi connectivity index (χ3n) is 3.13. The zero-order valence-corrected chi connectivity index (χ0v) is 13.2. The van der Waals surface area contributed by atoms with Crippen molar-refractivity contribution in [3.8, 4) is 0 Å². The van der Waals surface area contributed by atoms with Crippen LogP contribution in [0, 0.1) is 0 Å². The van der Waals surface area contributed by atoms with E-state index in [2.05, 4.69) is 10.2 Å². The van der Waals surface area contributed by atoms with E-state index in [0.29, 0.717) is 0 Å². The Bertz CT molecular complexity index is 820. The molecule has 1 aromatic carbocycles. The largest absolute Gasteiger partial charge is 0.465 e. The molecule has 0 atom stereocenters. The van der Waals surface area contributed by atoms with Crippen LogP contribution in [0.3, 0.4) is 0 Å². The van der Waals surface area contributed by atoms with Gasteiger partial charge in [0.2, 0.25) is 10.0 Å². The monoisotopic (exact) mass is 347 g/mol. The zero-order chi connectivity index (χ0) is 17.2. The van der Waals surface area contributed by atoms with Crippen LogP contribution < -0.4 is 0 Å². The molecule has 0 bridgehead atoms. The number of nitrogens with zero attached hydrogens (tertiary/aromatic N) is 2. The second-order valence-corrected chi connectivity index (χ2v) is 6.73. The summed E-state index contributed by atoms with van der Waals surface area (Å²) in [7, 11) is -3.01. The highest BCUT2D eigenvalue weighted by Crippen LogP contribution is 2.29. The summed E-state index contributed by atoms with van der Waals surface area (Å²) < 4.78 is 56.5. The minimum Gasteiger partial charge on any atom is -0.465 e. The second kappa shape index (κ2) is 6.59. The van der Waals surface area contributed by atoms with Crippen LogP contribution in [0.25, 0.3) is 10.9 Å². The number of esters is 1. The number of rotatable bonds is 6. The number of nitrogens with one attached hydrogen (secondary N) is 1. The van der Waals surface area contributed by atoms with E-state index in [-0.39, 0.29) is 22.4 Å². The Labute approximate surface area is 131 Å². The minimum atomic E-state index is -4.18. The van der Waals surface area contributed by atoms with Gasteiger partial charge in [-0.15, -0.1) is 0 Å². The van der Waals surface area contributed by atoms with Crippen molar-refractivity contribution in [1.29, 1.82) is 0 Å². The van der Waals surface area contributed by atoms with E-state index >= 15 is 0 Å². The molecule has 1 aromatic heterocycles. The standard InChI is InChI=1S/C13H15F2N3O4S/c1-3-22-11(19)7-18(2)23(20,21)10-5-8(13(14)15)4-9-6-16-17-12(9)10/h4-6,13H,3,7H2,1-2H3,(H,16,17). The van der Waals surface area contributed by atoms with Crippen molar-refractivity contribution in [2.24, 2.45) is 0 Å². The van der Waals surface area contributed by atoms with Gasteiger partial charge in [0.05, 0.1) is 18.3 Å². The number of halogens is 2. The van der Waals surface area contributed by atoms with Crippen molar-refractivity contribution in [3.05, 3.63) is 23.9 Å². The van der Waals surface area contributed by atoms with Crippen LogP contribution in [0.2, 0.25) is 0 Å². The molecule has 126 valence electrons. The lowest BCUT2D eigenvalue weighted by atomic mass is 10.2. The normalized spacial score (nSPS) is 12.3. The molecule has 1 heterocycles. The highest BCUT2D eigenvalue weighted by molar-refractivity contribution is 7.89. The van der Waals surface area contributed by atoms with E-state index in [1.54, 1.807) is 6.92 Å². The van der Waals surface area contributed by atoms with Crippen molar-refractivity contribution < 1.29 is 26.7 Å². The number of hydrogen-bond donors (Lipinski definition) is 1. The lowest BCUT2D eigenvalue weighted by Gasteiger charge is -2.17. The van der Waals surface area contributed by atoms with Gasteiger partial charge in [-0.2, -0.15) is 9.40 Å². The van der Waals surface area contributed by atoms with Gasteiger partial charge in [0, 0.05) is 18.0 Å². The number of fused-ring (bicyclic) bond motifs is 1. The van der Waals surface area contributed by atoms with Gasteiger partial charge in [-0.05, 0) is 19.1 Å². The van der Waals surface area contributed by atoms with Crippen LogP contribution in [0.15, 0.2) is 23.2 Å². The van der Waals surface area contributed by atoms with Crippen molar-refractivity contribution in [2.45, 2.75) is 18.2 Å². The van der Waals surface area contributed by atoms with Crippen molar-refractivity contribution >= 4 is 26.9 Å². The summed E-state index contributed by atoms with van der Waals surface area (Å²) in [5.41, 5.74) is -0.341. The van der Waals surface area contributed by atoms with E-state index < -0.39 is 34.5 Å². The molecule has 2 aromatic rings. The van der Waals surface area contributed by atoms with Gasteiger partial charge in [-0.25, -0.2) is 17.2 Å². The maximum Gasteiger partial charge on any atom is 0.321 e. The lowest BCUT2D eigenvalue weighted by Crippen LogP contribution is -2.33. The number of likely N-dealkylation sites (N-methyl/N-ethyl adjacent to an activating group) is 1. The molecule has 0 radical (unpaired) electrons. The number of alkyl halides is 2. The first-order valence-electron chi connectivity index (χ1n) is 6.64. The summed E-state index contributed by atoms with van der Waals surface area (Å²) in [6.07, 6.45) is -1.58. The molecule has 23 heavy (non-hydrogen) atoms. The van der Waals surface area contributed by atoms with E-state index in [0.717, 1.165) is 16.4 Å². The predicted octanol–water partition coefficient (Wildman–Crippen LogP) is 1.68. The Morgan fingerprint density at radius 2 is 2.13 bits per heavy atom. The fraction of sp³-hybridized carbons (Fsp3) is 0.385. The fourth-order valence-corrected chi connectivity index (χ4v) is 3.34. The lowest BCUT2D eigenvalue weighted by molar-refractivity contribution is -0.143. The number of aromatic nitrogens is 2. The molecule has 1 N–H and O–H groups in total. The van der Waals surface area contributed by atoms with E-state index in [4.69, 9.17) is 4.74 Å². The number of aromatic amines is 1. The molecule has 0 unspecified atom stereocenters. The first-order valence-corrected chi connectivity index (χ1v) is 8.08. The Kier molecular flexibility index (Phi) is 4.95. The summed E-state index contributed by atoms with van der Waals surface area (Å²) in [5, 5.41) is 6.40. The quantitative estimate of drug-likeness (QED) is 0.803. The molecular weight excluding hydrogens is 332 g/mol. The molecular formula is C13H15F2N3O4S. The molecule has 0 amide bonds. The predicted molar refractivity (Wildman–Crippen MR) is 77.5 cm³/mol. The van der Waals surface area contributed by atoms with Crippen LogP contribution >= 0.6 is 0 Å². The molecule has 10 heteroatoms. The summed E-state index contributed by atoms with van der Waals surface area (Å²) in [5.74, 6) is -0.732. The molecule has 2 rings (SSSR count). The average Bonchev–Trinajstić information content (AvgIpc) is 2.94. The minimum absolute atomic E-state index is 0.102. The van der Waals surface area contributed by atoms with E-state index in [1.165, 1.54) is 13.2 Å². The molecule has 0 saturated carbocycles. The van der Waals surface area contributed by atoms with Crippen LogP contribution in [0.4, 0.5) is 8.78 Å². The number of H-pyrrole nitrogens is 1. The third kappa shape index (κ3) is 3.48. The molecule has 0 aliphatic carbocycles. The fourth-order valence-electron chi connectivity index (χ4n) is 2.02. The highest BCUT2D eigenvalue weighted by atomic mass is 32.2. The number of sulfonamides is 1. The molecule has 0 fully saturated rings. The summed E-state index contributed by atoms with van der Waals surface area (Å²) in [6.45, 7) is 1.18. The van der Waals surface area contributed by atoms with Crippen molar-refractivity contribution in [2.75, 3.05) is 20.2 Å². The van der Waals surface area contributed by atoms with Gasteiger partial charge in [0.1, 0.15) is 11.4 Å².